The van der Waals surface area contributed by atoms with E-state index in [9.17, 15) is 14.7 Å². The summed E-state index contributed by atoms with van der Waals surface area (Å²) in [5.74, 6) is -0.674. The first-order valence-electron chi connectivity index (χ1n) is 6.16. The quantitative estimate of drug-likeness (QED) is 0.837. The molecular weight excluding hydrogens is 242 g/mol. The average Bonchev–Trinajstić information content (AvgIpc) is 2.51. The highest BCUT2D eigenvalue weighted by atomic mass is 16.3. The lowest BCUT2D eigenvalue weighted by Crippen LogP contribution is -2.41. The minimum absolute atomic E-state index is 0.198. The Labute approximate surface area is 112 Å². The molecule has 4 nitrogen and oxygen atoms in total. The Hall–Kier alpha value is -1.94. The van der Waals surface area contributed by atoms with Gasteiger partial charge in [0.05, 0.1) is 5.69 Å². The number of rotatable bonds is 4. The molecule has 0 radical (unpaired) electrons. The molecule has 4 heteroatoms. The number of carbonyl (C=O) groups is 2. The molecule has 19 heavy (non-hydrogen) atoms. The molecule has 1 aliphatic heterocycles. The second-order valence-corrected chi connectivity index (χ2v) is 4.96. The highest BCUT2D eigenvalue weighted by Crippen LogP contribution is 2.42. The fourth-order valence-electron chi connectivity index (χ4n) is 2.51. The molecule has 1 aromatic carbocycles. The van der Waals surface area contributed by atoms with E-state index in [1.54, 1.807) is 18.2 Å². The van der Waals surface area contributed by atoms with Crippen LogP contribution in [0.5, 0.6) is 0 Å². The normalized spacial score (nSPS) is 21.4. The third-order valence-corrected chi connectivity index (χ3v) is 3.30. The van der Waals surface area contributed by atoms with Crippen molar-refractivity contribution in [3.05, 3.63) is 42.0 Å². The molecule has 0 bridgehead atoms. The highest BCUT2D eigenvalue weighted by Gasteiger charge is 2.49. The predicted octanol–water partition coefficient (Wildman–Crippen LogP) is 1.69. The van der Waals surface area contributed by atoms with E-state index in [0.29, 0.717) is 17.8 Å². The van der Waals surface area contributed by atoms with Gasteiger partial charge in [0.2, 0.25) is 0 Å². The number of Topliss-reactive ketones (excluding diaryl/α,β-unsaturated/α-hetero) is 1. The van der Waals surface area contributed by atoms with Crippen LogP contribution in [0.4, 0.5) is 5.69 Å². The second kappa shape index (κ2) is 4.63. The van der Waals surface area contributed by atoms with E-state index in [-0.39, 0.29) is 12.2 Å². The number of nitrogens with zero attached hydrogens (tertiary/aromatic N) is 1. The lowest BCUT2D eigenvalue weighted by Gasteiger charge is -2.21. The summed E-state index contributed by atoms with van der Waals surface area (Å²) in [6, 6.07) is 5.44. The standard InChI is InChI=1S/C15H17NO3/c1-4-7-16-13-6-5-10(2)8-12(13)15(19,14(16)18)9-11(3)17/h4-6,8,19H,1,7,9H2,2-3H3/t15-/m0/s1. The van der Waals surface area contributed by atoms with Crippen LogP contribution in [0.3, 0.4) is 0 Å². The molecular formula is C15H17NO3. The third kappa shape index (κ3) is 2.08. The molecule has 0 saturated heterocycles. The molecule has 1 aromatic rings. The molecule has 0 aromatic heterocycles. The zero-order chi connectivity index (χ0) is 14.2. The van der Waals surface area contributed by atoms with E-state index < -0.39 is 11.5 Å². The molecule has 1 amide bonds. The number of hydrogen-bond donors (Lipinski definition) is 1. The van der Waals surface area contributed by atoms with E-state index in [1.807, 2.05) is 13.0 Å². The number of benzene rings is 1. The molecule has 0 saturated carbocycles. The van der Waals surface area contributed by atoms with Gasteiger partial charge in [-0.25, -0.2) is 0 Å². The maximum absolute atomic E-state index is 12.4. The fraction of sp³-hybridized carbons (Fsp3) is 0.333. The molecule has 0 spiro atoms. The molecule has 2 rings (SSSR count). The van der Waals surface area contributed by atoms with Gasteiger partial charge < -0.3 is 10.0 Å². The van der Waals surface area contributed by atoms with Crippen molar-refractivity contribution in [2.75, 3.05) is 11.4 Å². The molecule has 0 fully saturated rings. The lowest BCUT2D eigenvalue weighted by atomic mass is 9.89. The van der Waals surface area contributed by atoms with Gasteiger partial charge in [-0.05, 0) is 19.9 Å². The molecule has 0 unspecified atom stereocenters. The van der Waals surface area contributed by atoms with Crippen LogP contribution in [0.25, 0.3) is 0 Å². The van der Waals surface area contributed by atoms with E-state index >= 15 is 0 Å². The van der Waals surface area contributed by atoms with Crippen LogP contribution >= 0.6 is 0 Å². The van der Waals surface area contributed by atoms with Crippen molar-refractivity contribution < 1.29 is 14.7 Å². The number of anilines is 1. The number of amides is 1. The molecule has 100 valence electrons. The summed E-state index contributed by atoms with van der Waals surface area (Å²) in [4.78, 5) is 25.2. The van der Waals surface area contributed by atoms with Crippen molar-refractivity contribution in [1.29, 1.82) is 0 Å². The molecule has 1 aliphatic rings. The first-order valence-corrected chi connectivity index (χ1v) is 6.16. The summed E-state index contributed by atoms with van der Waals surface area (Å²) in [6.07, 6.45) is 1.40. The Morgan fingerprint density at radius 1 is 1.53 bits per heavy atom. The fourth-order valence-corrected chi connectivity index (χ4v) is 2.51. The highest BCUT2D eigenvalue weighted by molar-refractivity contribution is 6.09. The Bertz CT molecular complexity index is 565. The van der Waals surface area contributed by atoms with Gasteiger partial charge in [0.15, 0.2) is 5.60 Å². The molecule has 1 heterocycles. The average molecular weight is 259 g/mol. The summed E-state index contributed by atoms with van der Waals surface area (Å²) in [6.45, 7) is 7.19. The van der Waals surface area contributed by atoms with Gasteiger partial charge in [0, 0.05) is 18.5 Å². The molecule has 0 aliphatic carbocycles. The first kappa shape index (κ1) is 13.5. The molecule has 1 atom stereocenters. The van der Waals surface area contributed by atoms with Gasteiger partial charge in [-0.2, -0.15) is 0 Å². The SMILES string of the molecule is C=CCN1C(=O)[C@](O)(CC(C)=O)c2cc(C)ccc21. The van der Waals surface area contributed by atoms with E-state index in [0.717, 1.165) is 5.56 Å². The Kier molecular flexibility index (Phi) is 3.28. The predicted molar refractivity (Wildman–Crippen MR) is 72.9 cm³/mol. The largest absolute Gasteiger partial charge is 0.375 e. The van der Waals surface area contributed by atoms with Crippen LogP contribution < -0.4 is 4.90 Å². The number of fused-ring (bicyclic) bond motifs is 1. The van der Waals surface area contributed by atoms with Crippen LogP contribution in [0, 0.1) is 6.92 Å². The van der Waals surface area contributed by atoms with Gasteiger partial charge in [-0.3, -0.25) is 9.59 Å². The van der Waals surface area contributed by atoms with Gasteiger partial charge in [0.1, 0.15) is 5.78 Å². The zero-order valence-corrected chi connectivity index (χ0v) is 11.1. The summed E-state index contributed by atoms with van der Waals surface area (Å²) in [5, 5.41) is 10.7. The Morgan fingerprint density at radius 2 is 2.21 bits per heavy atom. The summed E-state index contributed by atoms with van der Waals surface area (Å²) >= 11 is 0. The second-order valence-electron chi connectivity index (χ2n) is 4.96. The van der Waals surface area contributed by atoms with Gasteiger partial charge in [0.25, 0.3) is 5.91 Å². The van der Waals surface area contributed by atoms with Crippen LogP contribution in [0.2, 0.25) is 0 Å². The first-order chi connectivity index (χ1) is 8.90. The number of aliphatic hydroxyl groups is 1. The monoisotopic (exact) mass is 259 g/mol. The lowest BCUT2D eigenvalue weighted by molar-refractivity contribution is -0.141. The summed E-state index contributed by atoms with van der Waals surface area (Å²) in [5.41, 5.74) is 0.360. The minimum Gasteiger partial charge on any atom is -0.375 e. The maximum Gasteiger partial charge on any atom is 0.264 e. The van der Waals surface area contributed by atoms with Gasteiger partial charge in [-0.1, -0.05) is 23.8 Å². The smallest absolute Gasteiger partial charge is 0.264 e. The van der Waals surface area contributed by atoms with E-state index in [2.05, 4.69) is 6.58 Å². The number of hydrogen-bond acceptors (Lipinski definition) is 3. The van der Waals surface area contributed by atoms with Crippen molar-refractivity contribution in [1.82, 2.24) is 0 Å². The van der Waals surface area contributed by atoms with Crippen LogP contribution in [0.1, 0.15) is 24.5 Å². The number of aryl methyl sites for hydroxylation is 1. The van der Waals surface area contributed by atoms with Crippen molar-refractivity contribution in [3.63, 3.8) is 0 Å². The Morgan fingerprint density at radius 3 is 2.79 bits per heavy atom. The van der Waals surface area contributed by atoms with Crippen LogP contribution in [-0.4, -0.2) is 23.3 Å². The van der Waals surface area contributed by atoms with E-state index in [1.165, 1.54) is 11.8 Å². The summed E-state index contributed by atoms with van der Waals surface area (Å²) in [7, 11) is 0. The van der Waals surface area contributed by atoms with E-state index in [4.69, 9.17) is 0 Å². The number of carbonyl (C=O) groups excluding carboxylic acids is 2. The maximum atomic E-state index is 12.4. The topological polar surface area (TPSA) is 57.6 Å². The number of ketones is 1. The minimum atomic E-state index is -1.74. The van der Waals surface area contributed by atoms with Crippen LogP contribution in [-0.2, 0) is 15.2 Å². The van der Waals surface area contributed by atoms with Gasteiger partial charge in [-0.15, -0.1) is 6.58 Å². The van der Waals surface area contributed by atoms with Crippen molar-refractivity contribution in [2.45, 2.75) is 25.9 Å². The van der Waals surface area contributed by atoms with Crippen molar-refractivity contribution in [3.8, 4) is 0 Å². The van der Waals surface area contributed by atoms with Crippen molar-refractivity contribution in [2.24, 2.45) is 0 Å². The Balaban J connectivity index is 2.59. The zero-order valence-electron chi connectivity index (χ0n) is 11.1. The third-order valence-electron chi connectivity index (χ3n) is 3.30. The van der Waals surface area contributed by atoms with Crippen molar-refractivity contribution >= 4 is 17.4 Å². The van der Waals surface area contributed by atoms with Gasteiger partial charge >= 0.3 is 0 Å². The van der Waals surface area contributed by atoms with Crippen LogP contribution in [0.15, 0.2) is 30.9 Å². The summed E-state index contributed by atoms with van der Waals surface area (Å²) < 4.78 is 0. The molecule has 1 N–H and O–H groups in total.